The van der Waals surface area contributed by atoms with E-state index in [1.54, 1.807) is 41.6 Å². The summed E-state index contributed by atoms with van der Waals surface area (Å²) in [5.41, 5.74) is 2.09. The molecule has 0 bridgehead atoms. The van der Waals surface area contributed by atoms with Crippen LogP contribution in [0.2, 0.25) is 0 Å². The van der Waals surface area contributed by atoms with Crippen LogP contribution in [0.4, 0.5) is 5.95 Å². The van der Waals surface area contributed by atoms with Crippen molar-refractivity contribution in [2.45, 2.75) is 38.6 Å². The first kappa shape index (κ1) is 18.7. The zero-order valence-electron chi connectivity index (χ0n) is 15.4. The Morgan fingerprint density at radius 2 is 2.00 bits per heavy atom. The number of carbonyl (C=O) groups excluding carboxylic acids is 2. The molecule has 3 rings (SSSR count). The maximum atomic E-state index is 12.8. The molecule has 0 saturated carbocycles. The first-order valence-electron chi connectivity index (χ1n) is 9.01. The summed E-state index contributed by atoms with van der Waals surface area (Å²) in [6, 6.07) is 6.89. The summed E-state index contributed by atoms with van der Waals surface area (Å²) < 4.78 is 0. The molecule has 0 radical (unpaired) electrons. The average Bonchev–Trinajstić information content (AvgIpc) is 2.74. The van der Waals surface area contributed by atoms with E-state index in [4.69, 9.17) is 0 Å². The highest BCUT2D eigenvalue weighted by Crippen LogP contribution is 2.20. The molecule has 27 heavy (non-hydrogen) atoms. The van der Waals surface area contributed by atoms with Crippen LogP contribution in [0.1, 0.15) is 41.9 Å². The van der Waals surface area contributed by atoms with Gasteiger partial charge in [0.2, 0.25) is 11.9 Å². The van der Waals surface area contributed by atoms with E-state index in [1.165, 1.54) is 0 Å². The topological polar surface area (TPSA) is 88.1 Å². The van der Waals surface area contributed by atoms with Crippen molar-refractivity contribution in [2.75, 3.05) is 11.4 Å². The maximum Gasteiger partial charge on any atom is 0.270 e. The monoisotopic (exact) mass is 365 g/mol. The Balaban J connectivity index is 1.71. The zero-order chi connectivity index (χ0) is 19.2. The predicted octanol–water partition coefficient (Wildman–Crippen LogP) is 2.44. The lowest BCUT2D eigenvalue weighted by Crippen LogP contribution is -2.36. The molecule has 1 atom stereocenters. The molecule has 1 N–H and O–H groups in total. The average molecular weight is 365 g/mol. The van der Waals surface area contributed by atoms with Gasteiger partial charge in [0.1, 0.15) is 5.69 Å². The second-order valence-corrected chi connectivity index (χ2v) is 6.69. The van der Waals surface area contributed by atoms with Gasteiger partial charge in [-0.1, -0.05) is 18.2 Å². The third kappa shape index (κ3) is 4.97. The molecule has 7 heteroatoms. The van der Waals surface area contributed by atoms with Crippen LogP contribution in [-0.2, 0) is 4.79 Å². The van der Waals surface area contributed by atoms with E-state index in [0.29, 0.717) is 37.4 Å². The fourth-order valence-electron chi connectivity index (χ4n) is 2.99. The number of amides is 2. The Morgan fingerprint density at radius 3 is 2.74 bits per heavy atom. The summed E-state index contributed by atoms with van der Waals surface area (Å²) in [4.78, 5) is 39.4. The molecule has 2 aromatic heterocycles. The number of nitrogens with one attached hydrogen (secondary N) is 1. The Hall–Kier alpha value is -3.09. The number of rotatable bonds is 3. The second kappa shape index (κ2) is 8.53. The lowest BCUT2D eigenvalue weighted by molar-refractivity contribution is -0.118. The van der Waals surface area contributed by atoms with Crippen LogP contribution in [0.3, 0.4) is 0 Å². The van der Waals surface area contributed by atoms with Gasteiger partial charge in [-0.15, -0.1) is 0 Å². The van der Waals surface area contributed by atoms with E-state index in [-0.39, 0.29) is 17.9 Å². The van der Waals surface area contributed by atoms with E-state index in [0.717, 1.165) is 17.7 Å². The maximum absolute atomic E-state index is 12.8. The van der Waals surface area contributed by atoms with Crippen molar-refractivity contribution >= 4 is 17.8 Å². The molecular weight excluding hydrogens is 342 g/mol. The lowest BCUT2D eigenvalue weighted by Gasteiger charge is -2.21. The van der Waals surface area contributed by atoms with Crippen molar-refractivity contribution in [3.63, 3.8) is 0 Å². The third-order valence-electron chi connectivity index (χ3n) is 4.49. The van der Waals surface area contributed by atoms with E-state index in [9.17, 15) is 9.59 Å². The molecule has 1 fully saturated rings. The van der Waals surface area contributed by atoms with Crippen molar-refractivity contribution in [1.29, 1.82) is 0 Å². The van der Waals surface area contributed by atoms with Crippen LogP contribution in [-0.4, -0.2) is 39.4 Å². The largest absolute Gasteiger partial charge is 0.348 e. The van der Waals surface area contributed by atoms with Gasteiger partial charge in [0.25, 0.3) is 5.91 Å². The summed E-state index contributed by atoms with van der Waals surface area (Å²) in [6.07, 6.45) is 5.53. The van der Waals surface area contributed by atoms with E-state index >= 15 is 0 Å². The molecule has 140 valence electrons. The van der Waals surface area contributed by atoms with Gasteiger partial charge in [0.05, 0.1) is 0 Å². The first-order chi connectivity index (χ1) is 13.0. The molecule has 7 nitrogen and oxygen atoms in total. The molecule has 1 saturated heterocycles. The van der Waals surface area contributed by atoms with Crippen molar-refractivity contribution in [2.24, 2.45) is 0 Å². The van der Waals surface area contributed by atoms with Gasteiger partial charge >= 0.3 is 0 Å². The molecule has 1 aliphatic heterocycles. The molecule has 3 heterocycles. The zero-order valence-corrected chi connectivity index (χ0v) is 15.4. The van der Waals surface area contributed by atoms with E-state index in [1.807, 2.05) is 6.92 Å². The van der Waals surface area contributed by atoms with Crippen LogP contribution in [0, 0.1) is 6.92 Å². The van der Waals surface area contributed by atoms with Gasteiger partial charge in [-0.3, -0.25) is 19.5 Å². The number of aromatic nitrogens is 3. The fraction of sp³-hybridized carbons (Fsp3) is 0.350. The van der Waals surface area contributed by atoms with Crippen LogP contribution in [0.25, 0.3) is 0 Å². The number of carbonyl (C=O) groups is 2. The van der Waals surface area contributed by atoms with Crippen molar-refractivity contribution in [1.82, 2.24) is 20.3 Å². The molecule has 0 spiro atoms. The van der Waals surface area contributed by atoms with Crippen LogP contribution in [0.5, 0.6) is 0 Å². The highest BCUT2D eigenvalue weighted by atomic mass is 16.2. The van der Waals surface area contributed by atoms with Gasteiger partial charge < -0.3 is 5.32 Å². The Bertz CT molecular complexity index is 837. The fourth-order valence-corrected chi connectivity index (χ4v) is 2.99. The SMILES string of the molecule is C=C1CC[C@H](NC(=O)c2ccccn2)CCC(=O)N(c2nccc(C)n2)C1. The summed E-state index contributed by atoms with van der Waals surface area (Å²) in [6.45, 7) is 6.34. The minimum atomic E-state index is -0.225. The predicted molar refractivity (Wildman–Crippen MR) is 102 cm³/mol. The van der Waals surface area contributed by atoms with Gasteiger partial charge in [-0.2, -0.15) is 0 Å². The number of pyridine rings is 1. The highest BCUT2D eigenvalue weighted by molar-refractivity contribution is 5.93. The van der Waals surface area contributed by atoms with Crippen molar-refractivity contribution in [3.8, 4) is 0 Å². The Kier molecular flexibility index (Phi) is 5.90. The molecular formula is C20H23N5O2. The number of nitrogens with zero attached hydrogens (tertiary/aromatic N) is 4. The van der Waals surface area contributed by atoms with Gasteiger partial charge in [-0.25, -0.2) is 9.97 Å². The summed E-state index contributed by atoms with van der Waals surface area (Å²) in [7, 11) is 0. The number of aryl methyl sites for hydroxylation is 1. The third-order valence-corrected chi connectivity index (χ3v) is 4.49. The summed E-state index contributed by atoms with van der Waals surface area (Å²) in [5, 5.41) is 2.99. The molecule has 0 aliphatic carbocycles. The van der Waals surface area contributed by atoms with E-state index < -0.39 is 0 Å². The van der Waals surface area contributed by atoms with Crippen LogP contribution >= 0.6 is 0 Å². The standard InChI is InChI=1S/C20H23N5O2/c1-14-6-7-16(24-19(27)17-5-3-4-11-21-17)8-9-18(26)25(13-14)20-22-12-10-15(2)23-20/h3-5,10-12,16H,1,6-9,13H2,2H3,(H,24,27)/t16-/m0/s1. The molecule has 2 amide bonds. The molecule has 0 aromatic carbocycles. The lowest BCUT2D eigenvalue weighted by atomic mass is 10.0. The number of hydrogen-bond acceptors (Lipinski definition) is 5. The minimum absolute atomic E-state index is 0.0688. The summed E-state index contributed by atoms with van der Waals surface area (Å²) in [5.74, 6) is 0.106. The molecule has 1 aliphatic rings. The smallest absolute Gasteiger partial charge is 0.270 e. The van der Waals surface area contributed by atoms with Gasteiger partial charge in [0, 0.05) is 37.1 Å². The van der Waals surface area contributed by atoms with E-state index in [2.05, 4.69) is 26.8 Å². The Morgan fingerprint density at radius 1 is 1.19 bits per heavy atom. The first-order valence-corrected chi connectivity index (χ1v) is 9.01. The second-order valence-electron chi connectivity index (χ2n) is 6.69. The minimum Gasteiger partial charge on any atom is -0.348 e. The molecule has 2 aromatic rings. The molecule has 0 unspecified atom stereocenters. The quantitative estimate of drug-likeness (QED) is 0.844. The highest BCUT2D eigenvalue weighted by Gasteiger charge is 2.24. The van der Waals surface area contributed by atoms with Gasteiger partial charge in [0.15, 0.2) is 0 Å². The van der Waals surface area contributed by atoms with Crippen molar-refractivity contribution in [3.05, 3.63) is 60.2 Å². The Labute approximate surface area is 158 Å². The van der Waals surface area contributed by atoms with Crippen LogP contribution in [0.15, 0.2) is 48.8 Å². The normalized spacial score (nSPS) is 18.4. The van der Waals surface area contributed by atoms with Crippen molar-refractivity contribution < 1.29 is 9.59 Å². The summed E-state index contributed by atoms with van der Waals surface area (Å²) >= 11 is 0. The van der Waals surface area contributed by atoms with Gasteiger partial charge in [-0.05, 0) is 44.4 Å². The van der Waals surface area contributed by atoms with Crippen LogP contribution < -0.4 is 10.2 Å². The number of hydrogen-bond donors (Lipinski definition) is 1. The number of anilines is 1.